The summed E-state index contributed by atoms with van der Waals surface area (Å²) in [7, 11) is 2.28. The Bertz CT molecular complexity index is 367. The lowest BCUT2D eigenvalue weighted by Gasteiger charge is -2.39. The van der Waals surface area contributed by atoms with Crippen LogP contribution in [0.25, 0.3) is 0 Å². The Hall–Kier alpha value is -0.630. The van der Waals surface area contributed by atoms with Gasteiger partial charge in [0.15, 0.2) is 0 Å². The Kier molecular flexibility index (Phi) is 5.65. The predicted molar refractivity (Wildman–Crippen MR) is 87.2 cm³/mol. The van der Waals surface area contributed by atoms with Gasteiger partial charge in [0, 0.05) is 18.1 Å². The Balaban J connectivity index is 1.90. The van der Waals surface area contributed by atoms with E-state index in [0.717, 1.165) is 19.3 Å². The van der Waals surface area contributed by atoms with Crippen LogP contribution in [0.5, 0.6) is 0 Å². The van der Waals surface area contributed by atoms with E-state index in [1.54, 1.807) is 0 Å². The van der Waals surface area contributed by atoms with Crippen LogP contribution in [0.3, 0.4) is 0 Å². The lowest BCUT2D eigenvalue weighted by atomic mass is 9.97. The molecule has 2 fully saturated rings. The van der Waals surface area contributed by atoms with Gasteiger partial charge in [-0.15, -0.1) is 0 Å². The molecule has 2 atom stereocenters. The van der Waals surface area contributed by atoms with Gasteiger partial charge in [-0.05, 0) is 72.6 Å². The van der Waals surface area contributed by atoms with Crippen molar-refractivity contribution in [3.63, 3.8) is 0 Å². The van der Waals surface area contributed by atoms with Crippen LogP contribution in [0.4, 0.5) is 0 Å². The molecule has 0 amide bonds. The average molecular weight is 292 g/mol. The number of likely N-dealkylation sites (tertiary alicyclic amines) is 1. The van der Waals surface area contributed by atoms with E-state index in [1.165, 1.54) is 32.5 Å². The highest BCUT2D eigenvalue weighted by Crippen LogP contribution is 2.34. The fourth-order valence-electron chi connectivity index (χ4n) is 4.13. The van der Waals surface area contributed by atoms with Crippen LogP contribution in [0, 0.1) is 11.3 Å². The molecule has 1 saturated carbocycles. The van der Waals surface area contributed by atoms with Crippen LogP contribution in [-0.2, 0) is 0 Å². The van der Waals surface area contributed by atoms with Gasteiger partial charge in [-0.25, -0.2) is 0 Å². The van der Waals surface area contributed by atoms with Crippen LogP contribution in [0.2, 0.25) is 0 Å². The number of nitriles is 1. The van der Waals surface area contributed by atoms with Crippen LogP contribution in [0.15, 0.2) is 0 Å². The largest absolute Gasteiger partial charge is 0.303 e. The molecule has 0 aromatic carbocycles. The van der Waals surface area contributed by atoms with E-state index in [4.69, 9.17) is 0 Å². The maximum absolute atomic E-state index is 9.60. The molecule has 1 heterocycles. The monoisotopic (exact) mass is 292 g/mol. The van der Waals surface area contributed by atoms with Crippen LogP contribution in [-0.4, -0.2) is 60.1 Å². The Morgan fingerprint density at radius 1 is 1.29 bits per heavy atom. The normalized spacial score (nSPS) is 32.0. The molecule has 2 rings (SSSR count). The van der Waals surface area contributed by atoms with E-state index in [-0.39, 0.29) is 5.54 Å². The minimum absolute atomic E-state index is 0.294. The van der Waals surface area contributed by atoms with Gasteiger partial charge in [0.2, 0.25) is 0 Å². The van der Waals surface area contributed by atoms with Crippen molar-refractivity contribution < 1.29 is 0 Å². The number of nitrogens with one attached hydrogen (secondary N) is 1. The van der Waals surface area contributed by atoms with Crippen molar-refractivity contribution in [2.45, 2.75) is 76.5 Å². The first kappa shape index (κ1) is 16.7. The van der Waals surface area contributed by atoms with E-state index in [0.29, 0.717) is 18.1 Å². The number of hydrogen-bond donors (Lipinski definition) is 1. The van der Waals surface area contributed by atoms with Gasteiger partial charge in [-0.2, -0.15) is 5.26 Å². The van der Waals surface area contributed by atoms with Crippen molar-refractivity contribution in [1.29, 1.82) is 5.26 Å². The van der Waals surface area contributed by atoms with Gasteiger partial charge in [-0.3, -0.25) is 5.32 Å². The predicted octanol–water partition coefficient (Wildman–Crippen LogP) is 2.22. The molecular weight excluding hydrogens is 260 g/mol. The van der Waals surface area contributed by atoms with Gasteiger partial charge in [0.25, 0.3) is 0 Å². The van der Waals surface area contributed by atoms with Gasteiger partial charge < -0.3 is 9.80 Å². The number of piperidine rings is 1. The fraction of sp³-hybridized carbons (Fsp3) is 0.941. The minimum Gasteiger partial charge on any atom is -0.303 e. The lowest BCUT2D eigenvalue weighted by Crippen LogP contribution is -2.49. The molecule has 0 aromatic rings. The van der Waals surface area contributed by atoms with Crippen molar-refractivity contribution in [3.8, 4) is 6.07 Å². The molecule has 0 aromatic heterocycles. The van der Waals surface area contributed by atoms with Crippen molar-refractivity contribution >= 4 is 0 Å². The standard InChI is InChI=1S/C17H32N4/c1-5-21-10-7-15(8-11-21)20(4)16-6-9-17(12-16,13-18)19-14(2)3/h14-16,19H,5-12H2,1-4H3. The van der Waals surface area contributed by atoms with Gasteiger partial charge in [0.1, 0.15) is 5.54 Å². The average Bonchev–Trinajstić information content (AvgIpc) is 2.90. The quantitative estimate of drug-likeness (QED) is 0.843. The van der Waals surface area contributed by atoms with Gasteiger partial charge >= 0.3 is 0 Å². The number of rotatable bonds is 5. The van der Waals surface area contributed by atoms with E-state index in [9.17, 15) is 5.26 Å². The van der Waals surface area contributed by atoms with Crippen molar-refractivity contribution in [2.24, 2.45) is 0 Å². The molecule has 1 aliphatic heterocycles. The van der Waals surface area contributed by atoms with E-state index >= 15 is 0 Å². The number of nitrogens with zero attached hydrogens (tertiary/aromatic N) is 3. The molecule has 1 saturated heterocycles. The minimum atomic E-state index is -0.294. The second kappa shape index (κ2) is 7.09. The summed E-state index contributed by atoms with van der Waals surface area (Å²) in [6.45, 7) is 10.2. The van der Waals surface area contributed by atoms with E-state index < -0.39 is 0 Å². The molecule has 0 radical (unpaired) electrons. The molecular formula is C17H32N4. The SMILES string of the molecule is CCN1CCC(N(C)C2CCC(C#N)(NC(C)C)C2)CC1. The highest BCUT2D eigenvalue weighted by molar-refractivity contribution is 5.14. The van der Waals surface area contributed by atoms with Crippen LogP contribution >= 0.6 is 0 Å². The molecule has 0 bridgehead atoms. The first-order valence-corrected chi connectivity index (χ1v) is 8.63. The van der Waals surface area contributed by atoms with Crippen molar-refractivity contribution in [2.75, 3.05) is 26.7 Å². The number of hydrogen-bond acceptors (Lipinski definition) is 4. The molecule has 2 unspecified atom stereocenters. The molecule has 1 N–H and O–H groups in total. The fourth-order valence-corrected chi connectivity index (χ4v) is 4.13. The first-order valence-electron chi connectivity index (χ1n) is 8.63. The molecule has 21 heavy (non-hydrogen) atoms. The van der Waals surface area contributed by atoms with E-state index in [1.807, 2.05) is 0 Å². The zero-order valence-electron chi connectivity index (χ0n) is 14.2. The summed E-state index contributed by atoms with van der Waals surface area (Å²) in [6, 6.07) is 4.21. The lowest BCUT2D eigenvalue weighted by molar-refractivity contribution is 0.0978. The second-order valence-corrected chi connectivity index (χ2v) is 7.22. The Morgan fingerprint density at radius 2 is 1.95 bits per heavy atom. The van der Waals surface area contributed by atoms with Crippen LogP contribution in [0.1, 0.15) is 52.9 Å². The smallest absolute Gasteiger partial charge is 0.108 e. The molecule has 1 aliphatic carbocycles. The molecule has 120 valence electrons. The zero-order chi connectivity index (χ0) is 15.5. The van der Waals surface area contributed by atoms with Crippen LogP contribution < -0.4 is 5.32 Å². The highest BCUT2D eigenvalue weighted by Gasteiger charge is 2.42. The van der Waals surface area contributed by atoms with Gasteiger partial charge in [-0.1, -0.05) is 6.92 Å². The molecule has 4 heteroatoms. The summed E-state index contributed by atoms with van der Waals surface area (Å²) < 4.78 is 0. The van der Waals surface area contributed by atoms with E-state index in [2.05, 4.69) is 49.0 Å². The zero-order valence-corrected chi connectivity index (χ0v) is 14.2. The summed E-state index contributed by atoms with van der Waals surface area (Å²) in [4.78, 5) is 5.12. The third kappa shape index (κ3) is 3.97. The third-order valence-corrected chi connectivity index (χ3v) is 5.42. The third-order valence-electron chi connectivity index (χ3n) is 5.42. The second-order valence-electron chi connectivity index (χ2n) is 7.22. The topological polar surface area (TPSA) is 42.3 Å². The first-order chi connectivity index (χ1) is 9.99. The molecule has 4 nitrogen and oxygen atoms in total. The van der Waals surface area contributed by atoms with Crippen molar-refractivity contribution in [3.05, 3.63) is 0 Å². The summed E-state index contributed by atoms with van der Waals surface area (Å²) >= 11 is 0. The summed E-state index contributed by atoms with van der Waals surface area (Å²) in [5.74, 6) is 0. The summed E-state index contributed by atoms with van der Waals surface area (Å²) in [5, 5.41) is 13.1. The molecule has 2 aliphatic rings. The summed E-state index contributed by atoms with van der Waals surface area (Å²) in [5.41, 5.74) is -0.294. The van der Waals surface area contributed by atoms with Crippen molar-refractivity contribution in [1.82, 2.24) is 15.1 Å². The maximum Gasteiger partial charge on any atom is 0.108 e. The Labute approximate surface area is 130 Å². The highest BCUT2D eigenvalue weighted by atomic mass is 15.2. The Morgan fingerprint density at radius 3 is 2.48 bits per heavy atom. The van der Waals surface area contributed by atoms with Gasteiger partial charge in [0.05, 0.1) is 6.07 Å². The molecule has 0 spiro atoms. The maximum atomic E-state index is 9.60. The summed E-state index contributed by atoms with van der Waals surface area (Å²) in [6.07, 6.45) is 5.67.